The summed E-state index contributed by atoms with van der Waals surface area (Å²) in [5.41, 5.74) is 1.70. The minimum Gasteiger partial charge on any atom is -0.508 e. The summed E-state index contributed by atoms with van der Waals surface area (Å²) in [7, 11) is 1.54. The Bertz CT molecular complexity index is 1730. The summed E-state index contributed by atoms with van der Waals surface area (Å²) in [6.07, 6.45) is 0. The number of phenols is 1. The Morgan fingerprint density at radius 1 is 1.02 bits per heavy atom. The van der Waals surface area contributed by atoms with E-state index in [2.05, 4.69) is 21.2 Å². The van der Waals surface area contributed by atoms with Gasteiger partial charge >= 0.3 is 4.87 Å². The van der Waals surface area contributed by atoms with Crippen LogP contribution in [0.5, 0.6) is 11.5 Å². The molecule has 0 unspecified atom stereocenters. The van der Waals surface area contributed by atoms with Crippen molar-refractivity contribution in [1.29, 1.82) is 0 Å². The van der Waals surface area contributed by atoms with Gasteiger partial charge in [-0.3, -0.25) is 23.7 Å². The van der Waals surface area contributed by atoms with Gasteiger partial charge in [-0.15, -0.1) is 0 Å². The molecule has 2 aliphatic heterocycles. The number of amides is 3. The van der Waals surface area contributed by atoms with Crippen LogP contribution in [0.25, 0.3) is 0 Å². The lowest BCUT2D eigenvalue weighted by molar-refractivity contribution is -0.122. The fraction of sp³-hybridized carbons (Fsp3) is 0.172. The number of anilines is 2. The van der Waals surface area contributed by atoms with Gasteiger partial charge in [-0.25, -0.2) is 4.90 Å². The van der Waals surface area contributed by atoms with Crippen molar-refractivity contribution in [3.8, 4) is 11.5 Å². The zero-order valence-electron chi connectivity index (χ0n) is 21.4. The number of ether oxygens (including phenoxy) is 1. The highest BCUT2D eigenvalue weighted by Gasteiger charge is 2.56. The Balaban J connectivity index is 1.40. The number of phenolic OH excluding ortho intramolecular Hbond substituents is 1. The lowest BCUT2D eigenvalue weighted by Crippen LogP contribution is -2.33. The van der Waals surface area contributed by atoms with Gasteiger partial charge in [-0.2, -0.15) is 0 Å². The van der Waals surface area contributed by atoms with Crippen LogP contribution in [0.2, 0.25) is 0 Å². The standard InChI is InChI=1S/C29H22BrN3O6S2/c1-39-20-11-7-18(8-12-20)33-26(36)23-22(15-3-2-4-16(30)13-15)25-28(40-24(23)27(33)37)32(29(38)41-25)14-21(35)31-17-5-9-19(34)10-6-17/h2-13,22-24,34H,14H2,1H3,(H,31,35)/t22-,23-,24+/m0/s1. The van der Waals surface area contributed by atoms with E-state index in [0.717, 1.165) is 33.1 Å². The Labute approximate surface area is 250 Å². The van der Waals surface area contributed by atoms with E-state index in [0.29, 0.717) is 27.0 Å². The van der Waals surface area contributed by atoms with Crippen LogP contribution in [0, 0.1) is 5.92 Å². The molecule has 6 rings (SSSR count). The Hall–Kier alpha value is -3.87. The van der Waals surface area contributed by atoms with Crippen LogP contribution in [0.4, 0.5) is 11.4 Å². The average Bonchev–Trinajstić information content (AvgIpc) is 3.40. The largest absolute Gasteiger partial charge is 0.508 e. The zero-order chi connectivity index (χ0) is 28.8. The summed E-state index contributed by atoms with van der Waals surface area (Å²) in [5.74, 6) is -1.79. The van der Waals surface area contributed by atoms with Crippen molar-refractivity contribution in [1.82, 2.24) is 4.57 Å². The third-order valence-corrected chi connectivity index (χ3v) is 10.1. The molecule has 0 spiro atoms. The van der Waals surface area contributed by atoms with Crippen LogP contribution < -0.4 is 19.8 Å². The topological polar surface area (TPSA) is 118 Å². The summed E-state index contributed by atoms with van der Waals surface area (Å²) < 4.78 is 7.40. The lowest BCUT2D eigenvalue weighted by Gasteiger charge is -2.30. The molecule has 2 N–H and O–H groups in total. The summed E-state index contributed by atoms with van der Waals surface area (Å²) in [5, 5.41) is 12.0. The summed E-state index contributed by atoms with van der Waals surface area (Å²) in [6.45, 7) is -0.272. The van der Waals surface area contributed by atoms with E-state index in [1.807, 2.05) is 24.3 Å². The quantitative estimate of drug-likeness (QED) is 0.227. The van der Waals surface area contributed by atoms with Crippen LogP contribution in [0.1, 0.15) is 16.4 Å². The fourth-order valence-electron chi connectivity index (χ4n) is 5.19. The monoisotopic (exact) mass is 651 g/mol. The van der Waals surface area contributed by atoms with Gasteiger partial charge in [-0.05, 0) is 66.2 Å². The molecule has 3 heterocycles. The van der Waals surface area contributed by atoms with Crippen molar-refractivity contribution in [2.75, 3.05) is 17.3 Å². The molecular weight excluding hydrogens is 630 g/mol. The second-order valence-electron chi connectivity index (χ2n) is 9.53. The number of aromatic hydroxyl groups is 1. The van der Waals surface area contributed by atoms with E-state index in [4.69, 9.17) is 4.74 Å². The molecule has 1 aromatic heterocycles. The van der Waals surface area contributed by atoms with Gasteiger partial charge in [-0.1, -0.05) is 51.2 Å². The first-order valence-corrected chi connectivity index (χ1v) is 15.0. The molecule has 2 aliphatic rings. The number of halogens is 1. The predicted octanol–water partition coefficient (Wildman–Crippen LogP) is 4.82. The second kappa shape index (κ2) is 10.8. The number of nitrogens with zero attached hydrogens (tertiary/aromatic N) is 2. The smallest absolute Gasteiger partial charge is 0.308 e. The maximum atomic E-state index is 14.0. The molecule has 208 valence electrons. The molecule has 3 aromatic carbocycles. The van der Waals surface area contributed by atoms with Gasteiger partial charge in [0.25, 0.3) is 0 Å². The molecule has 41 heavy (non-hydrogen) atoms. The van der Waals surface area contributed by atoms with Gasteiger partial charge in [0.1, 0.15) is 23.3 Å². The number of thiazole rings is 1. The molecule has 1 fully saturated rings. The van der Waals surface area contributed by atoms with Crippen molar-refractivity contribution in [3.05, 3.63) is 97.4 Å². The first kappa shape index (κ1) is 27.3. The van der Waals surface area contributed by atoms with E-state index in [-0.39, 0.29) is 29.0 Å². The third-order valence-electron chi connectivity index (χ3n) is 7.04. The van der Waals surface area contributed by atoms with Crippen molar-refractivity contribution < 1.29 is 24.2 Å². The highest BCUT2D eigenvalue weighted by atomic mass is 79.9. The highest BCUT2D eigenvalue weighted by molar-refractivity contribution is 9.10. The number of hydrogen-bond donors (Lipinski definition) is 2. The number of carbonyl (C=O) groups is 3. The maximum absolute atomic E-state index is 14.0. The summed E-state index contributed by atoms with van der Waals surface area (Å²) >= 11 is 5.65. The van der Waals surface area contributed by atoms with Gasteiger partial charge < -0.3 is 15.2 Å². The molecule has 3 atom stereocenters. The van der Waals surface area contributed by atoms with Crippen molar-refractivity contribution >= 4 is 68.1 Å². The van der Waals surface area contributed by atoms with Gasteiger partial charge in [0.15, 0.2) is 0 Å². The number of imide groups is 1. The number of methoxy groups -OCH3 is 1. The molecule has 4 aromatic rings. The van der Waals surface area contributed by atoms with Gasteiger partial charge in [0.05, 0.1) is 23.7 Å². The first-order chi connectivity index (χ1) is 19.7. The molecule has 3 amide bonds. The number of nitrogens with one attached hydrogen (secondary N) is 1. The van der Waals surface area contributed by atoms with E-state index in [1.165, 1.54) is 28.7 Å². The van der Waals surface area contributed by atoms with E-state index in [1.54, 1.807) is 36.4 Å². The molecule has 12 heteroatoms. The summed E-state index contributed by atoms with van der Waals surface area (Å²) in [6, 6.07) is 20.2. The van der Waals surface area contributed by atoms with Crippen LogP contribution in [-0.4, -0.2) is 39.8 Å². The molecule has 0 saturated carbocycles. The number of carbonyl (C=O) groups excluding carboxylic acids is 3. The SMILES string of the molecule is COc1ccc(N2C(=O)[C@H]3[C@H](c4cccc(Br)c4)c4sc(=O)n(CC(=O)Nc5ccc(O)cc5)c4S[C@H]3C2=O)cc1. The Kier molecular flexibility index (Phi) is 7.22. The highest BCUT2D eigenvalue weighted by Crippen LogP contribution is 2.54. The molecule has 0 radical (unpaired) electrons. The van der Waals surface area contributed by atoms with E-state index < -0.39 is 23.0 Å². The number of thioether (sulfide) groups is 1. The van der Waals surface area contributed by atoms with E-state index >= 15 is 0 Å². The first-order valence-electron chi connectivity index (χ1n) is 12.5. The maximum Gasteiger partial charge on any atom is 0.308 e. The number of hydrogen-bond acceptors (Lipinski definition) is 8. The minimum atomic E-state index is -0.790. The predicted molar refractivity (Wildman–Crippen MR) is 160 cm³/mol. The molecule has 0 bridgehead atoms. The average molecular weight is 653 g/mol. The van der Waals surface area contributed by atoms with Gasteiger partial charge in [0.2, 0.25) is 17.7 Å². The van der Waals surface area contributed by atoms with Crippen molar-refractivity contribution in [2.24, 2.45) is 5.92 Å². The number of benzene rings is 3. The molecule has 9 nitrogen and oxygen atoms in total. The Morgan fingerprint density at radius 3 is 2.44 bits per heavy atom. The number of rotatable bonds is 6. The molecule has 1 saturated heterocycles. The van der Waals surface area contributed by atoms with E-state index in [9.17, 15) is 24.3 Å². The van der Waals surface area contributed by atoms with Crippen LogP contribution in [-0.2, 0) is 20.9 Å². The second-order valence-corrected chi connectivity index (χ2v) is 12.6. The number of fused-ring (bicyclic) bond motifs is 2. The summed E-state index contributed by atoms with van der Waals surface area (Å²) in [4.78, 5) is 55.5. The lowest BCUT2D eigenvalue weighted by atomic mass is 9.83. The number of aromatic nitrogens is 1. The van der Waals surface area contributed by atoms with Gasteiger partial charge in [0, 0.05) is 21.0 Å². The normalized spacial score (nSPS) is 19.6. The zero-order valence-corrected chi connectivity index (χ0v) is 24.7. The Morgan fingerprint density at radius 2 is 1.76 bits per heavy atom. The molecule has 0 aliphatic carbocycles. The van der Waals surface area contributed by atoms with Crippen LogP contribution in [0.15, 0.2) is 87.1 Å². The fourth-order valence-corrected chi connectivity index (χ4v) is 8.38. The molecular formula is C29H22BrN3O6S2. The van der Waals surface area contributed by atoms with Crippen molar-refractivity contribution in [3.63, 3.8) is 0 Å². The van der Waals surface area contributed by atoms with Crippen LogP contribution >= 0.6 is 39.0 Å². The van der Waals surface area contributed by atoms with Crippen LogP contribution in [0.3, 0.4) is 0 Å². The third kappa shape index (κ3) is 4.96. The van der Waals surface area contributed by atoms with Crippen molar-refractivity contribution in [2.45, 2.75) is 22.7 Å². The minimum absolute atomic E-state index is 0.0649.